The van der Waals surface area contributed by atoms with Crippen LogP contribution >= 0.6 is 11.6 Å². The molecule has 1 heterocycles. The molecule has 4 heteroatoms. The van der Waals surface area contributed by atoms with Crippen LogP contribution in [0.25, 0.3) is 0 Å². The number of hydrogen-bond acceptors (Lipinski definition) is 3. The molecule has 3 nitrogen and oxygen atoms in total. The fraction of sp³-hybridized carbons (Fsp3) is 0.500. The van der Waals surface area contributed by atoms with Crippen LogP contribution in [0.5, 0.6) is 0 Å². The zero-order chi connectivity index (χ0) is 13.1. The van der Waals surface area contributed by atoms with Gasteiger partial charge in [-0.1, -0.05) is 17.7 Å². The Morgan fingerprint density at radius 3 is 2.94 bits per heavy atom. The molecule has 2 atom stereocenters. The molecule has 0 aromatic heterocycles. The third-order valence-electron chi connectivity index (χ3n) is 3.69. The highest BCUT2D eigenvalue weighted by molar-refractivity contribution is 6.32. The van der Waals surface area contributed by atoms with Gasteiger partial charge in [-0.3, -0.25) is 0 Å². The van der Waals surface area contributed by atoms with E-state index in [1.165, 1.54) is 0 Å². The van der Waals surface area contributed by atoms with Gasteiger partial charge in [-0.05, 0) is 38.9 Å². The lowest BCUT2D eigenvalue weighted by atomic mass is 9.98. The highest BCUT2D eigenvalue weighted by Gasteiger charge is 2.23. The second-order valence-corrected chi connectivity index (χ2v) is 5.38. The number of benzene rings is 1. The summed E-state index contributed by atoms with van der Waals surface area (Å²) in [4.78, 5) is 2.36. The molecule has 0 spiro atoms. The van der Waals surface area contributed by atoms with Crippen molar-refractivity contribution in [2.45, 2.75) is 31.8 Å². The minimum atomic E-state index is 0.418. The topological polar surface area (TPSA) is 39.1 Å². The molecule has 1 fully saturated rings. The van der Waals surface area contributed by atoms with E-state index in [1.54, 1.807) is 6.07 Å². The van der Waals surface area contributed by atoms with Crippen molar-refractivity contribution < 1.29 is 0 Å². The summed E-state index contributed by atoms with van der Waals surface area (Å²) in [7, 11) is 2.15. The highest BCUT2D eigenvalue weighted by Crippen LogP contribution is 2.26. The number of nitrogens with zero attached hydrogens (tertiary/aromatic N) is 2. The van der Waals surface area contributed by atoms with Gasteiger partial charge >= 0.3 is 0 Å². The normalized spacial score (nSPS) is 24.6. The van der Waals surface area contributed by atoms with Crippen molar-refractivity contribution in [3.8, 4) is 6.07 Å². The molecule has 96 valence electrons. The quantitative estimate of drug-likeness (QED) is 0.891. The minimum absolute atomic E-state index is 0.418. The maximum atomic E-state index is 9.14. The average molecular weight is 264 g/mol. The Balaban J connectivity index is 2.11. The van der Waals surface area contributed by atoms with Gasteiger partial charge in [-0.15, -0.1) is 0 Å². The number of hydrogen-bond donors (Lipinski definition) is 1. The van der Waals surface area contributed by atoms with Crippen molar-refractivity contribution in [1.82, 2.24) is 4.90 Å². The SMILES string of the molecule is CC1CC(Nc2cccc(Cl)c2C#N)CCN1C. The molecule has 0 saturated carbocycles. The van der Waals surface area contributed by atoms with E-state index >= 15 is 0 Å². The maximum Gasteiger partial charge on any atom is 0.103 e. The molecular formula is C14H18ClN3. The summed E-state index contributed by atoms with van der Waals surface area (Å²) in [5.41, 5.74) is 1.40. The van der Waals surface area contributed by atoms with Crippen molar-refractivity contribution in [2.24, 2.45) is 0 Å². The Labute approximate surface area is 113 Å². The van der Waals surface area contributed by atoms with Crippen LogP contribution in [0, 0.1) is 11.3 Å². The second kappa shape index (κ2) is 5.60. The Kier molecular flexibility index (Phi) is 4.11. The van der Waals surface area contributed by atoms with Crippen LogP contribution in [0.3, 0.4) is 0 Å². The first-order chi connectivity index (χ1) is 8.61. The predicted molar refractivity (Wildman–Crippen MR) is 74.9 cm³/mol. The molecular weight excluding hydrogens is 246 g/mol. The van der Waals surface area contributed by atoms with Gasteiger partial charge in [0.25, 0.3) is 0 Å². The molecule has 18 heavy (non-hydrogen) atoms. The number of piperidine rings is 1. The van der Waals surface area contributed by atoms with Crippen LogP contribution in [0.1, 0.15) is 25.3 Å². The third-order valence-corrected chi connectivity index (χ3v) is 4.01. The molecule has 1 aromatic rings. The third kappa shape index (κ3) is 2.77. The summed E-state index contributed by atoms with van der Waals surface area (Å²) in [6.45, 7) is 3.32. The van der Waals surface area contributed by atoms with Crippen LogP contribution < -0.4 is 5.32 Å². The maximum absolute atomic E-state index is 9.14. The highest BCUT2D eigenvalue weighted by atomic mass is 35.5. The molecule has 1 aromatic carbocycles. The van der Waals surface area contributed by atoms with Gasteiger partial charge < -0.3 is 10.2 Å². The molecule has 1 saturated heterocycles. The summed E-state index contributed by atoms with van der Waals surface area (Å²) in [5.74, 6) is 0. The van der Waals surface area contributed by atoms with E-state index in [9.17, 15) is 0 Å². The van der Waals surface area contributed by atoms with Gasteiger partial charge in [0.2, 0.25) is 0 Å². The lowest BCUT2D eigenvalue weighted by Gasteiger charge is -2.35. The lowest BCUT2D eigenvalue weighted by Crippen LogP contribution is -2.42. The molecule has 0 aliphatic carbocycles. The molecule has 2 unspecified atom stereocenters. The lowest BCUT2D eigenvalue weighted by molar-refractivity contribution is 0.190. The predicted octanol–water partition coefficient (Wildman–Crippen LogP) is 3.11. The standard InChI is InChI=1S/C14H18ClN3/c1-10-8-11(6-7-18(10)2)17-14-5-3-4-13(15)12(14)9-16/h3-5,10-11,17H,6-8H2,1-2H3. The summed E-state index contributed by atoms with van der Waals surface area (Å²) in [6, 6.07) is 8.71. The van der Waals surface area contributed by atoms with Crippen LogP contribution in [0.4, 0.5) is 5.69 Å². The number of rotatable bonds is 2. The van der Waals surface area contributed by atoms with Gasteiger partial charge in [-0.2, -0.15) is 5.26 Å². The van der Waals surface area contributed by atoms with E-state index in [2.05, 4.69) is 30.3 Å². The van der Waals surface area contributed by atoms with Crippen molar-refractivity contribution in [1.29, 1.82) is 5.26 Å². The van der Waals surface area contributed by atoms with Gasteiger partial charge in [-0.25, -0.2) is 0 Å². The first-order valence-corrected chi connectivity index (χ1v) is 6.65. The van der Waals surface area contributed by atoms with E-state index in [4.69, 9.17) is 16.9 Å². The number of nitrogens with one attached hydrogen (secondary N) is 1. The zero-order valence-corrected chi connectivity index (χ0v) is 11.5. The molecule has 1 aliphatic heterocycles. The molecule has 2 rings (SSSR count). The second-order valence-electron chi connectivity index (χ2n) is 4.97. The number of anilines is 1. The minimum Gasteiger partial charge on any atom is -0.381 e. The molecule has 1 aliphatic rings. The number of likely N-dealkylation sites (tertiary alicyclic amines) is 1. The van der Waals surface area contributed by atoms with Gasteiger partial charge in [0.1, 0.15) is 6.07 Å². The van der Waals surface area contributed by atoms with E-state index in [0.717, 1.165) is 25.1 Å². The Morgan fingerprint density at radius 2 is 2.28 bits per heavy atom. The van der Waals surface area contributed by atoms with E-state index in [1.807, 2.05) is 12.1 Å². The largest absolute Gasteiger partial charge is 0.381 e. The number of nitriles is 1. The Bertz CT molecular complexity index is 467. The van der Waals surface area contributed by atoms with Gasteiger partial charge in [0.15, 0.2) is 0 Å². The fourth-order valence-electron chi connectivity index (χ4n) is 2.40. The smallest absolute Gasteiger partial charge is 0.103 e. The van der Waals surface area contributed by atoms with E-state index < -0.39 is 0 Å². The molecule has 0 radical (unpaired) electrons. The van der Waals surface area contributed by atoms with Crippen molar-refractivity contribution >= 4 is 17.3 Å². The van der Waals surface area contributed by atoms with Crippen molar-refractivity contribution in [3.05, 3.63) is 28.8 Å². The zero-order valence-electron chi connectivity index (χ0n) is 10.8. The molecule has 0 amide bonds. The van der Waals surface area contributed by atoms with Crippen molar-refractivity contribution in [2.75, 3.05) is 18.9 Å². The van der Waals surface area contributed by atoms with Gasteiger partial charge in [0, 0.05) is 18.6 Å². The fourth-order valence-corrected chi connectivity index (χ4v) is 2.62. The van der Waals surface area contributed by atoms with Crippen LogP contribution in [-0.4, -0.2) is 30.6 Å². The molecule has 0 bridgehead atoms. The van der Waals surface area contributed by atoms with Crippen LogP contribution in [-0.2, 0) is 0 Å². The van der Waals surface area contributed by atoms with E-state index in [-0.39, 0.29) is 0 Å². The van der Waals surface area contributed by atoms with Crippen LogP contribution in [0.2, 0.25) is 5.02 Å². The average Bonchev–Trinajstić information content (AvgIpc) is 2.34. The van der Waals surface area contributed by atoms with Gasteiger partial charge in [0.05, 0.1) is 16.3 Å². The first-order valence-electron chi connectivity index (χ1n) is 6.27. The van der Waals surface area contributed by atoms with Crippen molar-refractivity contribution in [3.63, 3.8) is 0 Å². The summed E-state index contributed by atoms with van der Waals surface area (Å²) in [5, 5.41) is 13.1. The van der Waals surface area contributed by atoms with E-state index in [0.29, 0.717) is 22.7 Å². The Hall–Kier alpha value is -1.24. The first kappa shape index (κ1) is 13.2. The van der Waals surface area contributed by atoms with Crippen LogP contribution in [0.15, 0.2) is 18.2 Å². The summed E-state index contributed by atoms with van der Waals surface area (Å²) < 4.78 is 0. The summed E-state index contributed by atoms with van der Waals surface area (Å²) >= 11 is 6.03. The molecule has 1 N–H and O–H groups in total. The summed E-state index contributed by atoms with van der Waals surface area (Å²) in [6.07, 6.45) is 2.19. The number of halogens is 1. The Morgan fingerprint density at radius 1 is 1.50 bits per heavy atom. The monoisotopic (exact) mass is 263 g/mol.